The molecule has 0 aliphatic carbocycles. The summed E-state index contributed by atoms with van der Waals surface area (Å²) in [5, 5.41) is 14.4. The van der Waals surface area contributed by atoms with Gasteiger partial charge in [-0.2, -0.15) is 12.6 Å². The molecule has 1 aliphatic heterocycles. The summed E-state index contributed by atoms with van der Waals surface area (Å²) in [5.41, 5.74) is 5.95. The Morgan fingerprint density at radius 1 is 1.21 bits per heavy atom. The molecule has 29 heavy (non-hydrogen) atoms. The van der Waals surface area contributed by atoms with Crippen LogP contribution in [0.1, 0.15) is 47.0 Å². The van der Waals surface area contributed by atoms with Crippen LogP contribution in [0.5, 0.6) is 0 Å². The van der Waals surface area contributed by atoms with E-state index in [1.165, 1.54) is 4.90 Å². The van der Waals surface area contributed by atoms with Crippen molar-refractivity contribution in [3.8, 4) is 0 Å². The summed E-state index contributed by atoms with van der Waals surface area (Å²) in [4.78, 5) is 50.8. The molecule has 1 rings (SSSR count). The summed E-state index contributed by atoms with van der Waals surface area (Å²) in [5.74, 6) is -2.83. The van der Waals surface area contributed by atoms with Gasteiger partial charge in [0.2, 0.25) is 17.7 Å². The minimum atomic E-state index is -1.13. The van der Waals surface area contributed by atoms with E-state index < -0.39 is 42.0 Å². The number of carbonyl (C=O) groups is 4. The molecule has 0 radical (unpaired) electrons. The zero-order valence-corrected chi connectivity index (χ0v) is 18.4. The molecule has 166 valence electrons. The maximum atomic E-state index is 12.8. The van der Waals surface area contributed by atoms with Gasteiger partial charge in [-0.05, 0) is 24.7 Å². The van der Waals surface area contributed by atoms with Crippen molar-refractivity contribution in [3.63, 3.8) is 0 Å². The molecule has 0 aromatic rings. The number of rotatable bonds is 10. The first-order valence-electron chi connectivity index (χ1n) is 10.1. The van der Waals surface area contributed by atoms with E-state index in [0.717, 1.165) is 0 Å². The number of carboxylic acid groups (broad SMARTS) is 1. The second-order valence-corrected chi connectivity index (χ2v) is 8.28. The maximum absolute atomic E-state index is 12.8. The fourth-order valence-electron chi connectivity index (χ4n) is 3.18. The number of hydrogen-bond donors (Lipinski definition) is 5. The van der Waals surface area contributed by atoms with Gasteiger partial charge >= 0.3 is 5.97 Å². The number of hydrogen-bond acceptors (Lipinski definition) is 6. The van der Waals surface area contributed by atoms with Gasteiger partial charge in [0.05, 0.1) is 6.04 Å². The van der Waals surface area contributed by atoms with Gasteiger partial charge in [0.15, 0.2) is 0 Å². The third kappa shape index (κ3) is 6.60. The first-order valence-corrected chi connectivity index (χ1v) is 10.7. The summed E-state index contributed by atoms with van der Waals surface area (Å²) in [6, 6.07) is -3.46. The Hall–Kier alpha value is -1.81. The van der Waals surface area contributed by atoms with Crippen molar-refractivity contribution in [2.45, 2.75) is 71.1 Å². The van der Waals surface area contributed by atoms with Crippen LogP contribution in [0, 0.1) is 11.8 Å². The molecule has 1 fully saturated rings. The van der Waals surface area contributed by atoms with Crippen molar-refractivity contribution in [1.29, 1.82) is 0 Å². The number of nitrogens with two attached hydrogens (primary N) is 1. The largest absolute Gasteiger partial charge is 0.480 e. The van der Waals surface area contributed by atoms with Crippen LogP contribution in [0.3, 0.4) is 0 Å². The number of thiol groups is 1. The van der Waals surface area contributed by atoms with Gasteiger partial charge in [0.1, 0.15) is 18.1 Å². The number of likely N-dealkylation sites (tertiary alicyclic amines) is 1. The summed E-state index contributed by atoms with van der Waals surface area (Å²) < 4.78 is 0. The monoisotopic (exact) mass is 430 g/mol. The number of carboxylic acids is 1. The van der Waals surface area contributed by atoms with E-state index in [2.05, 4.69) is 23.3 Å². The highest BCUT2D eigenvalue weighted by Crippen LogP contribution is 2.20. The van der Waals surface area contributed by atoms with Crippen LogP contribution < -0.4 is 16.4 Å². The first-order chi connectivity index (χ1) is 13.5. The van der Waals surface area contributed by atoms with Crippen LogP contribution in [0.15, 0.2) is 0 Å². The Labute approximate surface area is 177 Å². The maximum Gasteiger partial charge on any atom is 0.326 e. The lowest BCUT2D eigenvalue weighted by molar-refractivity contribution is -0.144. The molecule has 0 saturated carbocycles. The highest BCUT2D eigenvalue weighted by atomic mass is 32.1. The van der Waals surface area contributed by atoms with Crippen molar-refractivity contribution in [1.82, 2.24) is 15.5 Å². The van der Waals surface area contributed by atoms with Crippen LogP contribution in [-0.4, -0.2) is 70.2 Å². The van der Waals surface area contributed by atoms with Crippen molar-refractivity contribution < 1.29 is 24.3 Å². The molecular formula is C19H34N4O5S. The quantitative estimate of drug-likeness (QED) is 0.309. The van der Waals surface area contributed by atoms with Gasteiger partial charge in [-0.25, -0.2) is 4.79 Å². The number of amides is 3. The summed E-state index contributed by atoms with van der Waals surface area (Å²) in [7, 11) is 0. The fraction of sp³-hybridized carbons (Fsp3) is 0.789. The van der Waals surface area contributed by atoms with Gasteiger partial charge in [-0.15, -0.1) is 0 Å². The predicted molar refractivity (Wildman–Crippen MR) is 112 cm³/mol. The summed E-state index contributed by atoms with van der Waals surface area (Å²) >= 11 is 4.12. The Morgan fingerprint density at radius 2 is 1.83 bits per heavy atom. The van der Waals surface area contributed by atoms with Gasteiger partial charge < -0.3 is 26.4 Å². The Bertz CT molecular complexity index is 615. The first kappa shape index (κ1) is 25.2. The van der Waals surface area contributed by atoms with Gasteiger partial charge in [0, 0.05) is 12.3 Å². The van der Waals surface area contributed by atoms with Crippen LogP contribution in [0.4, 0.5) is 0 Å². The topological polar surface area (TPSA) is 142 Å². The highest BCUT2D eigenvalue weighted by Gasteiger charge is 2.38. The molecule has 0 spiro atoms. The van der Waals surface area contributed by atoms with E-state index in [0.29, 0.717) is 25.8 Å². The van der Waals surface area contributed by atoms with Crippen LogP contribution >= 0.6 is 12.6 Å². The Morgan fingerprint density at radius 3 is 2.31 bits per heavy atom. The smallest absolute Gasteiger partial charge is 0.326 e. The normalized spacial score (nSPS) is 20.7. The lowest BCUT2D eigenvalue weighted by atomic mass is 9.99. The highest BCUT2D eigenvalue weighted by molar-refractivity contribution is 7.80. The molecule has 1 heterocycles. The van der Waals surface area contributed by atoms with Crippen molar-refractivity contribution in [3.05, 3.63) is 0 Å². The molecule has 5 N–H and O–H groups in total. The lowest BCUT2D eigenvalue weighted by Gasteiger charge is -2.29. The van der Waals surface area contributed by atoms with E-state index in [9.17, 15) is 24.3 Å². The fourth-order valence-corrected chi connectivity index (χ4v) is 3.44. The molecular weight excluding hydrogens is 396 g/mol. The van der Waals surface area contributed by atoms with E-state index in [1.54, 1.807) is 6.92 Å². The second kappa shape index (κ2) is 11.4. The number of nitrogens with one attached hydrogen (secondary N) is 2. The van der Waals surface area contributed by atoms with Gasteiger partial charge in [-0.1, -0.05) is 34.1 Å². The lowest BCUT2D eigenvalue weighted by Crippen LogP contribution is -2.58. The Kier molecular flexibility index (Phi) is 9.91. The van der Waals surface area contributed by atoms with Crippen molar-refractivity contribution >= 4 is 36.3 Å². The van der Waals surface area contributed by atoms with E-state index in [4.69, 9.17) is 5.73 Å². The molecule has 0 aromatic heterocycles. The predicted octanol–water partition coefficient (Wildman–Crippen LogP) is -0.00920. The van der Waals surface area contributed by atoms with Crippen LogP contribution in [-0.2, 0) is 19.2 Å². The van der Waals surface area contributed by atoms with Crippen LogP contribution in [0.25, 0.3) is 0 Å². The van der Waals surface area contributed by atoms with Crippen LogP contribution in [0.2, 0.25) is 0 Å². The standard InChI is InChI=1S/C19H34N4O5S/c1-5-11(4)15(19(27)28)22-16(24)12(9-29)21-17(25)13-7-6-8-23(13)18(26)14(20)10(2)3/h10-15,29H,5-9,20H2,1-4H3,(H,21,25)(H,22,24)(H,27,28). The minimum Gasteiger partial charge on any atom is -0.480 e. The minimum absolute atomic E-state index is 0.00338. The molecule has 5 atom stereocenters. The summed E-state index contributed by atoms with van der Waals surface area (Å²) in [6.07, 6.45) is 1.72. The SMILES string of the molecule is CCC(C)C(NC(=O)C(CS)NC(=O)C1CCCN1C(=O)C(N)C(C)C)C(=O)O. The molecule has 1 saturated heterocycles. The van der Waals surface area contributed by atoms with E-state index in [-0.39, 0.29) is 23.5 Å². The third-order valence-electron chi connectivity index (χ3n) is 5.43. The molecule has 1 aliphatic rings. The van der Waals surface area contributed by atoms with Crippen molar-refractivity contribution in [2.24, 2.45) is 17.6 Å². The molecule has 3 amide bonds. The second-order valence-electron chi connectivity index (χ2n) is 7.91. The zero-order chi connectivity index (χ0) is 22.3. The number of aliphatic carboxylic acids is 1. The molecule has 5 unspecified atom stereocenters. The van der Waals surface area contributed by atoms with Gasteiger partial charge in [-0.3, -0.25) is 14.4 Å². The average molecular weight is 431 g/mol. The molecule has 10 heteroatoms. The number of carbonyl (C=O) groups excluding carboxylic acids is 3. The molecule has 0 aromatic carbocycles. The number of nitrogens with zero attached hydrogens (tertiary/aromatic N) is 1. The molecule has 0 bridgehead atoms. The Balaban J connectivity index is 2.82. The third-order valence-corrected chi connectivity index (χ3v) is 5.80. The molecule has 9 nitrogen and oxygen atoms in total. The summed E-state index contributed by atoms with van der Waals surface area (Å²) in [6.45, 7) is 7.67. The van der Waals surface area contributed by atoms with Crippen molar-refractivity contribution in [2.75, 3.05) is 12.3 Å². The van der Waals surface area contributed by atoms with E-state index >= 15 is 0 Å². The van der Waals surface area contributed by atoms with Gasteiger partial charge in [0.25, 0.3) is 0 Å². The zero-order valence-electron chi connectivity index (χ0n) is 17.6. The average Bonchev–Trinajstić information content (AvgIpc) is 3.17. The van der Waals surface area contributed by atoms with E-state index in [1.807, 2.05) is 20.8 Å².